The highest BCUT2D eigenvalue weighted by Gasteiger charge is 2.42. The maximum atomic E-state index is 12.9. The number of hydrogen-bond acceptors (Lipinski definition) is 8. The van der Waals surface area contributed by atoms with Gasteiger partial charge in [0.15, 0.2) is 0 Å². The molecule has 34 heavy (non-hydrogen) atoms. The van der Waals surface area contributed by atoms with Gasteiger partial charge in [-0.05, 0) is 35.9 Å². The normalized spacial score (nSPS) is 11.7. The van der Waals surface area contributed by atoms with Crippen LogP contribution >= 0.6 is 22.9 Å². The van der Waals surface area contributed by atoms with Gasteiger partial charge in [-0.25, -0.2) is 18.0 Å². The highest BCUT2D eigenvalue weighted by Crippen LogP contribution is 2.39. The lowest BCUT2D eigenvalue weighted by molar-refractivity contribution is -0.189. The molecule has 0 saturated heterocycles. The molecule has 3 aromatic rings. The molecular weight excluding hydrogens is 521 g/mol. The van der Waals surface area contributed by atoms with E-state index in [1.165, 1.54) is 6.07 Å². The van der Waals surface area contributed by atoms with E-state index < -0.39 is 39.5 Å². The Morgan fingerprint density at radius 3 is 2.44 bits per heavy atom. The van der Waals surface area contributed by atoms with Crippen LogP contribution in [0.15, 0.2) is 52.7 Å². The standard InChI is InChI=1S/C20H14ClF3N2O6S2/c1-31-18(27)13-6-5-12(8-15(13)32-19(28)20(22,23)24)26-34(29,30)16-9-14(17(21)33-16)10-3-2-4-11(25)7-10/h2-9,26H,25H2,1H3. The molecule has 3 rings (SSSR count). The number of nitrogen functional groups attached to an aromatic ring is 1. The van der Waals surface area contributed by atoms with Gasteiger partial charge in [0, 0.05) is 17.3 Å². The molecule has 3 N–H and O–H groups in total. The number of rotatable bonds is 6. The van der Waals surface area contributed by atoms with Crippen molar-refractivity contribution in [1.29, 1.82) is 0 Å². The Labute approximate surface area is 200 Å². The Morgan fingerprint density at radius 1 is 1.12 bits per heavy atom. The van der Waals surface area contributed by atoms with Gasteiger partial charge in [0.05, 0.1) is 12.8 Å². The summed E-state index contributed by atoms with van der Waals surface area (Å²) in [7, 11) is -3.31. The van der Waals surface area contributed by atoms with Gasteiger partial charge in [-0.2, -0.15) is 13.2 Å². The van der Waals surface area contributed by atoms with Crippen molar-refractivity contribution >= 4 is 56.3 Å². The highest BCUT2D eigenvalue weighted by atomic mass is 35.5. The van der Waals surface area contributed by atoms with Gasteiger partial charge in [-0.1, -0.05) is 23.7 Å². The molecule has 0 aliphatic carbocycles. The number of nitrogens with two attached hydrogens (primary N) is 1. The second-order valence-electron chi connectivity index (χ2n) is 6.57. The van der Waals surface area contributed by atoms with Crippen molar-refractivity contribution < 1.29 is 40.7 Å². The minimum absolute atomic E-state index is 0.159. The molecule has 0 aliphatic heterocycles. The second kappa shape index (κ2) is 9.52. The van der Waals surface area contributed by atoms with E-state index in [1.807, 2.05) is 0 Å². The van der Waals surface area contributed by atoms with E-state index in [0.717, 1.165) is 36.6 Å². The molecule has 180 valence electrons. The summed E-state index contributed by atoms with van der Waals surface area (Å²) in [4.78, 5) is 23.1. The van der Waals surface area contributed by atoms with Crippen molar-refractivity contribution in [3.8, 4) is 16.9 Å². The van der Waals surface area contributed by atoms with E-state index in [-0.39, 0.29) is 14.2 Å². The summed E-state index contributed by atoms with van der Waals surface area (Å²) in [5, 5.41) is 0. The topological polar surface area (TPSA) is 125 Å². The number of methoxy groups -OCH3 is 1. The first-order chi connectivity index (χ1) is 15.8. The van der Waals surface area contributed by atoms with Crippen molar-refractivity contribution in [2.75, 3.05) is 17.6 Å². The third-order valence-electron chi connectivity index (χ3n) is 4.20. The lowest BCUT2D eigenvalue weighted by atomic mass is 10.1. The maximum Gasteiger partial charge on any atom is 0.491 e. The first kappa shape index (κ1) is 25.3. The van der Waals surface area contributed by atoms with Crippen molar-refractivity contribution in [1.82, 2.24) is 0 Å². The van der Waals surface area contributed by atoms with Gasteiger partial charge >= 0.3 is 18.1 Å². The summed E-state index contributed by atoms with van der Waals surface area (Å²) >= 11 is 6.94. The van der Waals surface area contributed by atoms with E-state index in [0.29, 0.717) is 16.8 Å². The number of halogens is 4. The molecule has 1 heterocycles. The van der Waals surface area contributed by atoms with E-state index in [2.05, 4.69) is 14.2 Å². The number of sulfonamides is 1. The Balaban J connectivity index is 1.95. The Bertz CT molecular complexity index is 1370. The van der Waals surface area contributed by atoms with Gasteiger partial charge < -0.3 is 15.2 Å². The SMILES string of the molecule is COC(=O)c1ccc(NS(=O)(=O)c2cc(-c3cccc(N)c3)c(Cl)s2)cc1OC(=O)C(F)(F)F. The van der Waals surface area contributed by atoms with Gasteiger partial charge in [0.2, 0.25) is 0 Å². The Morgan fingerprint density at radius 2 is 1.82 bits per heavy atom. The summed E-state index contributed by atoms with van der Waals surface area (Å²) < 4.78 is 74.4. The predicted molar refractivity (Wildman–Crippen MR) is 119 cm³/mol. The first-order valence-corrected chi connectivity index (χ1v) is 11.7. The van der Waals surface area contributed by atoms with Crippen molar-refractivity contribution in [3.63, 3.8) is 0 Å². The summed E-state index contributed by atoms with van der Waals surface area (Å²) in [5.74, 6) is -4.55. The third-order valence-corrected chi connectivity index (χ3v) is 7.41. The fourth-order valence-electron chi connectivity index (χ4n) is 2.69. The average molecular weight is 535 g/mol. The Kier molecular flexibility index (Phi) is 7.10. The van der Waals surface area contributed by atoms with E-state index in [4.69, 9.17) is 17.3 Å². The van der Waals surface area contributed by atoms with Crippen LogP contribution in [0, 0.1) is 0 Å². The predicted octanol–water partition coefficient (Wildman–Crippen LogP) is 4.71. The third kappa shape index (κ3) is 5.61. The number of carbonyl (C=O) groups is 2. The molecule has 8 nitrogen and oxygen atoms in total. The van der Waals surface area contributed by atoms with Crippen LogP contribution in [0.3, 0.4) is 0 Å². The van der Waals surface area contributed by atoms with E-state index >= 15 is 0 Å². The number of benzene rings is 2. The van der Waals surface area contributed by atoms with Crippen molar-refractivity contribution in [2.45, 2.75) is 10.4 Å². The highest BCUT2D eigenvalue weighted by molar-refractivity contribution is 7.94. The van der Waals surface area contributed by atoms with Crippen LogP contribution in [0.1, 0.15) is 10.4 Å². The largest absolute Gasteiger partial charge is 0.491 e. The number of alkyl halides is 3. The molecule has 0 fully saturated rings. The molecule has 0 bridgehead atoms. The number of nitrogens with one attached hydrogen (secondary N) is 1. The molecule has 2 aromatic carbocycles. The summed E-state index contributed by atoms with van der Waals surface area (Å²) in [6.07, 6.45) is -5.35. The van der Waals surface area contributed by atoms with Crippen molar-refractivity contribution in [3.05, 3.63) is 58.4 Å². The van der Waals surface area contributed by atoms with Crippen LogP contribution in [0.4, 0.5) is 24.5 Å². The van der Waals surface area contributed by atoms with E-state index in [1.54, 1.807) is 24.3 Å². The summed E-state index contributed by atoms with van der Waals surface area (Å²) in [6.45, 7) is 0. The lowest BCUT2D eigenvalue weighted by Crippen LogP contribution is -2.28. The monoisotopic (exact) mass is 534 g/mol. The smallest absolute Gasteiger partial charge is 0.465 e. The fraction of sp³-hybridized carbons (Fsp3) is 0.100. The number of ether oxygens (including phenoxy) is 2. The minimum Gasteiger partial charge on any atom is -0.465 e. The molecular formula is C20H14ClF3N2O6S2. The zero-order valence-electron chi connectivity index (χ0n) is 17.0. The molecule has 0 spiro atoms. The maximum absolute atomic E-state index is 12.9. The lowest BCUT2D eigenvalue weighted by Gasteiger charge is -2.13. The van der Waals surface area contributed by atoms with Crippen molar-refractivity contribution in [2.24, 2.45) is 0 Å². The number of thiophene rings is 1. The van der Waals surface area contributed by atoms with Crippen LogP contribution in [0.5, 0.6) is 5.75 Å². The van der Waals surface area contributed by atoms with Gasteiger partial charge in [0.1, 0.15) is 19.9 Å². The number of carbonyl (C=O) groups excluding carboxylic acids is 2. The Hall–Kier alpha value is -3.29. The zero-order valence-corrected chi connectivity index (χ0v) is 19.4. The molecule has 0 aliphatic rings. The minimum atomic E-state index is -5.35. The molecule has 1 aromatic heterocycles. The second-order valence-corrected chi connectivity index (χ2v) is 10.1. The number of anilines is 2. The van der Waals surface area contributed by atoms with E-state index in [9.17, 15) is 31.2 Å². The number of hydrogen-bond donors (Lipinski definition) is 2. The molecule has 0 atom stereocenters. The molecule has 0 saturated carbocycles. The summed E-state index contributed by atoms with van der Waals surface area (Å²) in [5.41, 5.74) is 6.36. The van der Waals surface area contributed by atoms with Crippen LogP contribution in [-0.2, 0) is 19.6 Å². The molecule has 14 heteroatoms. The average Bonchev–Trinajstić information content (AvgIpc) is 3.15. The fourth-order valence-corrected chi connectivity index (χ4v) is 5.51. The van der Waals surface area contributed by atoms with Crippen LogP contribution < -0.4 is 15.2 Å². The van der Waals surface area contributed by atoms with Crippen LogP contribution in [0.25, 0.3) is 11.1 Å². The van der Waals surface area contributed by atoms with Gasteiger partial charge in [-0.3, -0.25) is 4.72 Å². The first-order valence-electron chi connectivity index (χ1n) is 9.01. The molecule has 0 unspecified atom stereocenters. The quantitative estimate of drug-likeness (QED) is 0.266. The number of esters is 2. The van der Waals surface area contributed by atoms with Gasteiger partial charge in [-0.15, -0.1) is 11.3 Å². The van der Waals surface area contributed by atoms with Crippen LogP contribution in [-0.4, -0.2) is 33.6 Å². The van der Waals surface area contributed by atoms with Crippen LogP contribution in [0.2, 0.25) is 4.34 Å². The van der Waals surface area contributed by atoms with Gasteiger partial charge in [0.25, 0.3) is 10.0 Å². The molecule has 0 radical (unpaired) electrons. The summed E-state index contributed by atoms with van der Waals surface area (Å²) in [6, 6.07) is 10.7. The zero-order chi connectivity index (χ0) is 25.3. The molecule has 0 amide bonds.